The number of carbonyl (C=O) groups is 1. The molecule has 2 fully saturated rings. The molecule has 1 amide bonds. The molecule has 0 aromatic rings. The summed E-state index contributed by atoms with van der Waals surface area (Å²) in [5, 5.41) is 6.55. The van der Waals surface area contributed by atoms with Crippen molar-refractivity contribution < 1.29 is 4.79 Å². The summed E-state index contributed by atoms with van der Waals surface area (Å²) in [5.74, 6) is 1.89. The third-order valence-corrected chi connectivity index (χ3v) is 5.09. The van der Waals surface area contributed by atoms with Gasteiger partial charge in [0, 0.05) is 13.1 Å². The fourth-order valence-electron chi connectivity index (χ4n) is 3.36. The summed E-state index contributed by atoms with van der Waals surface area (Å²) in [7, 11) is 0. The maximum Gasteiger partial charge on any atom is 0.227 e. The molecule has 0 aromatic heterocycles. The molecule has 0 radical (unpaired) electrons. The first-order chi connectivity index (χ1) is 8.66. The summed E-state index contributed by atoms with van der Waals surface area (Å²) in [6.45, 7) is 7.21. The van der Waals surface area contributed by atoms with Gasteiger partial charge in [0.05, 0.1) is 5.41 Å². The molecule has 1 atom stereocenters. The van der Waals surface area contributed by atoms with Crippen LogP contribution in [0.15, 0.2) is 0 Å². The highest BCUT2D eigenvalue weighted by atomic mass is 16.2. The molecule has 1 unspecified atom stereocenters. The fourth-order valence-corrected chi connectivity index (χ4v) is 3.36. The molecule has 18 heavy (non-hydrogen) atoms. The van der Waals surface area contributed by atoms with Crippen molar-refractivity contribution in [2.45, 2.75) is 52.4 Å². The lowest BCUT2D eigenvalue weighted by Crippen LogP contribution is -2.44. The van der Waals surface area contributed by atoms with Crippen LogP contribution in [0.2, 0.25) is 0 Å². The summed E-state index contributed by atoms with van der Waals surface area (Å²) < 4.78 is 0. The van der Waals surface area contributed by atoms with Gasteiger partial charge >= 0.3 is 0 Å². The molecule has 104 valence electrons. The van der Waals surface area contributed by atoms with Crippen LogP contribution in [-0.2, 0) is 4.79 Å². The zero-order chi connectivity index (χ0) is 13.0. The molecule has 0 aromatic carbocycles. The van der Waals surface area contributed by atoms with E-state index in [1.165, 1.54) is 25.7 Å². The lowest BCUT2D eigenvalue weighted by molar-refractivity contribution is -0.130. The highest BCUT2D eigenvalue weighted by Gasteiger charge is 2.39. The third kappa shape index (κ3) is 3.05. The van der Waals surface area contributed by atoms with E-state index in [0.29, 0.717) is 5.92 Å². The zero-order valence-corrected chi connectivity index (χ0v) is 11.9. The predicted octanol–water partition coefficient (Wildman–Crippen LogP) is 2.32. The van der Waals surface area contributed by atoms with Crippen molar-refractivity contribution in [3.8, 4) is 0 Å². The van der Waals surface area contributed by atoms with Gasteiger partial charge in [0.15, 0.2) is 0 Å². The lowest BCUT2D eigenvalue weighted by Gasteiger charge is -2.29. The van der Waals surface area contributed by atoms with Crippen molar-refractivity contribution >= 4 is 5.91 Å². The van der Waals surface area contributed by atoms with Gasteiger partial charge in [-0.2, -0.15) is 0 Å². The van der Waals surface area contributed by atoms with E-state index in [-0.39, 0.29) is 11.3 Å². The molecule has 2 rings (SSSR count). The molecule has 0 bridgehead atoms. The second kappa shape index (κ2) is 6.05. The second-order valence-electron chi connectivity index (χ2n) is 6.40. The van der Waals surface area contributed by atoms with Gasteiger partial charge in [-0.3, -0.25) is 4.79 Å². The van der Waals surface area contributed by atoms with Gasteiger partial charge in [0.25, 0.3) is 0 Å². The van der Waals surface area contributed by atoms with Crippen LogP contribution < -0.4 is 10.6 Å². The number of hydrogen-bond acceptors (Lipinski definition) is 2. The molecule has 1 aliphatic carbocycles. The van der Waals surface area contributed by atoms with Gasteiger partial charge < -0.3 is 10.6 Å². The summed E-state index contributed by atoms with van der Waals surface area (Å²) in [5.41, 5.74) is -0.123. The van der Waals surface area contributed by atoms with E-state index in [4.69, 9.17) is 0 Å². The van der Waals surface area contributed by atoms with Crippen molar-refractivity contribution in [2.24, 2.45) is 17.3 Å². The van der Waals surface area contributed by atoms with Gasteiger partial charge in [-0.05, 0) is 44.1 Å². The molecule has 1 saturated carbocycles. The van der Waals surface area contributed by atoms with E-state index in [1.807, 2.05) is 0 Å². The standard InChI is InChI=1S/C15H28N2O/c1-3-15(8-9-16-11-15)14(18)17-10-13-6-4-12(2)5-7-13/h12-13,16H,3-11H2,1-2H3,(H,17,18). The van der Waals surface area contributed by atoms with Crippen LogP contribution in [0.3, 0.4) is 0 Å². The smallest absolute Gasteiger partial charge is 0.227 e. The third-order valence-electron chi connectivity index (χ3n) is 5.09. The average molecular weight is 252 g/mol. The van der Waals surface area contributed by atoms with E-state index < -0.39 is 0 Å². The first-order valence-corrected chi connectivity index (χ1v) is 7.65. The number of amides is 1. The summed E-state index contributed by atoms with van der Waals surface area (Å²) >= 11 is 0. The van der Waals surface area contributed by atoms with Crippen LogP contribution in [0.25, 0.3) is 0 Å². The van der Waals surface area contributed by atoms with Crippen LogP contribution in [0, 0.1) is 17.3 Å². The molecule has 1 heterocycles. The lowest BCUT2D eigenvalue weighted by atomic mass is 9.81. The quantitative estimate of drug-likeness (QED) is 0.806. The Kier molecular flexibility index (Phi) is 4.66. The Morgan fingerprint density at radius 2 is 2.06 bits per heavy atom. The topological polar surface area (TPSA) is 41.1 Å². The minimum Gasteiger partial charge on any atom is -0.355 e. The Balaban J connectivity index is 1.77. The normalized spacial score (nSPS) is 36.6. The Hall–Kier alpha value is -0.570. The maximum atomic E-state index is 12.4. The summed E-state index contributed by atoms with van der Waals surface area (Å²) in [6.07, 6.45) is 7.20. The first kappa shape index (κ1) is 13.9. The van der Waals surface area contributed by atoms with Gasteiger partial charge in [-0.15, -0.1) is 0 Å². The summed E-state index contributed by atoms with van der Waals surface area (Å²) in [4.78, 5) is 12.4. The molecule has 3 heteroatoms. The monoisotopic (exact) mass is 252 g/mol. The van der Waals surface area contributed by atoms with Gasteiger partial charge in [-0.25, -0.2) is 0 Å². The number of nitrogens with one attached hydrogen (secondary N) is 2. The second-order valence-corrected chi connectivity index (χ2v) is 6.40. The van der Waals surface area contributed by atoms with Gasteiger partial charge in [0.1, 0.15) is 0 Å². The van der Waals surface area contributed by atoms with Crippen LogP contribution in [0.5, 0.6) is 0 Å². The molecule has 1 aliphatic heterocycles. The largest absolute Gasteiger partial charge is 0.355 e. The predicted molar refractivity (Wildman–Crippen MR) is 74.3 cm³/mol. The average Bonchev–Trinajstić information content (AvgIpc) is 2.88. The minimum absolute atomic E-state index is 0.123. The Bertz CT molecular complexity index is 276. The van der Waals surface area contributed by atoms with Crippen LogP contribution in [0.1, 0.15) is 52.4 Å². The first-order valence-electron chi connectivity index (χ1n) is 7.65. The molecule has 3 nitrogen and oxygen atoms in total. The molecular weight excluding hydrogens is 224 g/mol. The van der Waals surface area contributed by atoms with E-state index >= 15 is 0 Å². The van der Waals surface area contributed by atoms with Gasteiger partial charge in [-0.1, -0.05) is 26.7 Å². The van der Waals surface area contributed by atoms with Crippen LogP contribution in [-0.4, -0.2) is 25.5 Å². The number of carbonyl (C=O) groups excluding carboxylic acids is 1. The minimum atomic E-state index is -0.123. The number of hydrogen-bond donors (Lipinski definition) is 2. The SMILES string of the molecule is CCC1(C(=O)NCC2CCC(C)CC2)CCNC1. The van der Waals surface area contributed by atoms with Crippen molar-refractivity contribution in [1.29, 1.82) is 0 Å². The van der Waals surface area contributed by atoms with E-state index in [1.54, 1.807) is 0 Å². The van der Waals surface area contributed by atoms with Crippen molar-refractivity contribution in [3.63, 3.8) is 0 Å². The molecule has 2 N–H and O–H groups in total. The van der Waals surface area contributed by atoms with Crippen molar-refractivity contribution in [1.82, 2.24) is 10.6 Å². The Morgan fingerprint density at radius 1 is 1.33 bits per heavy atom. The highest BCUT2D eigenvalue weighted by Crippen LogP contribution is 2.31. The fraction of sp³-hybridized carbons (Fsp3) is 0.933. The summed E-state index contributed by atoms with van der Waals surface area (Å²) in [6, 6.07) is 0. The molecule has 0 spiro atoms. The number of rotatable bonds is 4. The maximum absolute atomic E-state index is 12.4. The Morgan fingerprint density at radius 3 is 2.61 bits per heavy atom. The van der Waals surface area contributed by atoms with Crippen molar-refractivity contribution in [2.75, 3.05) is 19.6 Å². The highest BCUT2D eigenvalue weighted by molar-refractivity contribution is 5.83. The molecule has 2 aliphatic rings. The molecule has 1 saturated heterocycles. The van der Waals surface area contributed by atoms with E-state index in [9.17, 15) is 4.79 Å². The zero-order valence-electron chi connectivity index (χ0n) is 11.9. The van der Waals surface area contributed by atoms with Crippen molar-refractivity contribution in [3.05, 3.63) is 0 Å². The van der Waals surface area contributed by atoms with E-state index in [0.717, 1.165) is 38.4 Å². The molecular formula is C15H28N2O. The van der Waals surface area contributed by atoms with Crippen LogP contribution in [0.4, 0.5) is 0 Å². The van der Waals surface area contributed by atoms with Gasteiger partial charge in [0.2, 0.25) is 5.91 Å². The Labute approximate surface area is 111 Å². The van der Waals surface area contributed by atoms with Crippen LogP contribution >= 0.6 is 0 Å². The van der Waals surface area contributed by atoms with E-state index in [2.05, 4.69) is 24.5 Å².